The topological polar surface area (TPSA) is 49.9 Å². The molecule has 1 aromatic heterocycles. The highest BCUT2D eigenvalue weighted by molar-refractivity contribution is 5.54. The number of morpholine rings is 1. The Balaban J connectivity index is 1.47. The van der Waals surface area contributed by atoms with Crippen LogP contribution in [-0.4, -0.2) is 62.4 Å². The monoisotopic (exact) mass is 396 g/mol. The van der Waals surface area contributed by atoms with E-state index >= 15 is 0 Å². The fraction of sp³-hybridized carbons (Fsp3) is 0.522. The van der Waals surface area contributed by atoms with Crippen molar-refractivity contribution in [2.75, 3.05) is 51.4 Å². The number of benzene rings is 1. The van der Waals surface area contributed by atoms with Crippen molar-refractivity contribution in [1.29, 1.82) is 0 Å². The lowest BCUT2D eigenvalue weighted by atomic mass is 9.99. The summed E-state index contributed by atoms with van der Waals surface area (Å²) in [5.41, 5.74) is 3.93. The molecule has 0 spiro atoms. The first-order valence-corrected chi connectivity index (χ1v) is 10.5. The van der Waals surface area contributed by atoms with Gasteiger partial charge in [0.2, 0.25) is 0 Å². The molecule has 0 unspecified atom stereocenters. The molecule has 6 heteroatoms. The number of piperazine rings is 1. The lowest BCUT2D eigenvalue weighted by Crippen LogP contribution is -2.45. The third kappa shape index (κ3) is 4.55. The van der Waals surface area contributed by atoms with E-state index in [1.165, 1.54) is 16.7 Å². The molecule has 0 amide bonds. The van der Waals surface area contributed by atoms with Crippen molar-refractivity contribution >= 4 is 5.82 Å². The van der Waals surface area contributed by atoms with Crippen molar-refractivity contribution in [3.63, 3.8) is 0 Å². The van der Waals surface area contributed by atoms with Crippen LogP contribution in [0.5, 0.6) is 5.75 Å². The standard InChI is InChI=1S/C23H32N4O2/c1-17-6-4-5-7-20(17)21-15-26(9-8-24-21)14-19-12-22(28-3)23(25-13-19)27-10-11-29-16-18(27)2/h4-7,12-13,18,21,24H,8-11,14-16H2,1-3H3/t18-,21-/m0/s1. The number of rotatable bonds is 5. The van der Waals surface area contributed by atoms with Crippen LogP contribution in [0.3, 0.4) is 0 Å². The van der Waals surface area contributed by atoms with E-state index in [9.17, 15) is 0 Å². The van der Waals surface area contributed by atoms with Gasteiger partial charge in [-0.25, -0.2) is 4.98 Å². The van der Waals surface area contributed by atoms with Gasteiger partial charge in [0.15, 0.2) is 11.6 Å². The second-order valence-corrected chi connectivity index (χ2v) is 8.09. The minimum absolute atomic E-state index is 0.305. The summed E-state index contributed by atoms with van der Waals surface area (Å²) < 4.78 is 11.3. The van der Waals surface area contributed by atoms with Gasteiger partial charge < -0.3 is 19.7 Å². The van der Waals surface area contributed by atoms with Gasteiger partial charge in [-0.05, 0) is 36.6 Å². The molecule has 29 heavy (non-hydrogen) atoms. The summed E-state index contributed by atoms with van der Waals surface area (Å²) in [6.07, 6.45) is 2.00. The highest BCUT2D eigenvalue weighted by atomic mass is 16.5. The predicted octanol–water partition coefficient (Wildman–Crippen LogP) is 2.77. The van der Waals surface area contributed by atoms with Crippen LogP contribution in [-0.2, 0) is 11.3 Å². The van der Waals surface area contributed by atoms with Crippen LogP contribution >= 0.6 is 0 Å². The Morgan fingerprint density at radius 1 is 1.28 bits per heavy atom. The number of methoxy groups -OCH3 is 1. The minimum atomic E-state index is 0.305. The molecule has 2 saturated heterocycles. The Morgan fingerprint density at radius 2 is 2.14 bits per heavy atom. The average Bonchev–Trinajstić information content (AvgIpc) is 2.75. The lowest BCUT2D eigenvalue weighted by molar-refractivity contribution is 0.0982. The second kappa shape index (κ2) is 9.11. The van der Waals surface area contributed by atoms with Crippen molar-refractivity contribution in [2.24, 2.45) is 0 Å². The van der Waals surface area contributed by atoms with Gasteiger partial charge in [-0.2, -0.15) is 0 Å². The van der Waals surface area contributed by atoms with Gasteiger partial charge >= 0.3 is 0 Å². The SMILES string of the molecule is COc1cc(CN2CCN[C@H](c3ccccc3C)C2)cnc1N1CCOC[C@@H]1C. The fourth-order valence-electron chi connectivity index (χ4n) is 4.37. The summed E-state index contributed by atoms with van der Waals surface area (Å²) in [7, 11) is 1.73. The molecule has 2 fully saturated rings. The normalized spacial score (nSPS) is 23.2. The molecular formula is C23H32N4O2. The Labute approximate surface area is 173 Å². The van der Waals surface area contributed by atoms with E-state index in [4.69, 9.17) is 14.5 Å². The molecule has 0 bridgehead atoms. The predicted molar refractivity (Wildman–Crippen MR) is 116 cm³/mol. The van der Waals surface area contributed by atoms with E-state index in [0.29, 0.717) is 12.1 Å². The molecule has 2 aliphatic heterocycles. The molecule has 1 aromatic carbocycles. The van der Waals surface area contributed by atoms with Gasteiger partial charge in [0.05, 0.1) is 26.4 Å². The highest BCUT2D eigenvalue weighted by Crippen LogP contribution is 2.30. The van der Waals surface area contributed by atoms with Crippen LogP contribution in [0.1, 0.15) is 29.7 Å². The maximum atomic E-state index is 5.71. The van der Waals surface area contributed by atoms with Crippen molar-refractivity contribution in [3.8, 4) is 5.75 Å². The first-order chi connectivity index (χ1) is 14.2. The molecule has 2 aromatic rings. The third-order valence-electron chi connectivity index (χ3n) is 5.98. The Bertz CT molecular complexity index is 828. The van der Waals surface area contributed by atoms with Crippen LogP contribution in [0, 0.1) is 6.92 Å². The smallest absolute Gasteiger partial charge is 0.171 e. The number of hydrogen-bond acceptors (Lipinski definition) is 6. The number of nitrogens with zero attached hydrogens (tertiary/aromatic N) is 3. The molecular weight excluding hydrogens is 364 g/mol. The summed E-state index contributed by atoms with van der Waals surface area (Å²) in [6.45, 7) is 10.6. The molecule has 3 heterocycles. The van der Waals surface area contributed by atoms with E-state index in [1.807, 2.05) is 6.20 Å². The van der Waals surface area contributed by atoms with Crippen molar-refractivity contribution in [2.45, 2.75) is 32.5 Å². The zero-order valence-corrected chi connectivity index (χ0v) is 17.7. The molecule has 2 aliphatic rings. The maximum absolute atomic E-state index is 5.71. The van der Waals surface area contributed by atoms with Crippen LogP contribution in [0.4, 0.5) is 5.82 Å². The molecule has 0 saturated carbocycles. The molecule has 0 radical (unpaired) electrons. The van der Waals surface area contributed by atoms with Gasteiger partial charge in [-0.1, -0.05) is 24.3 Å². The van der Waals surface area contributed by atoms with Gasteiger partial charge in [0, 0.05) is 45.0 Å². The largest absolute Gasteiger partial charge is 0.493 e. The zero-order chi connectivity index (χ0) is 20.2. The quantitative estimate of drug-likeness (QED) is 0.839. The van der Waals surface area contributed by atoms with Crippen LogP contribution < -0.4 is 15.0 Å². The fourth-order valence-corrected chi connectivity index (χ4v) is 4.37. The molecule has 2 atom stereocenters. The van der Waals surface area contributed by atoms with E-state index in [0.717, 1.165) is 57.5 Å². The third-order valence-corrected chi connectivity index (χ3v) is 5.98. The van der Waals surface area contributed by atoms with E-state index in [-0.39, 0.29) is 0 Å². The second-order valence-electron chi connectivity index (χ2n) is 8.09. The number of anilines is 1. The number of hydrogen-bond donors (Lipinski definition) is 1. The zero-order valence-electron chi connectivity index (χ0n) is 17.7. The average molecular weight is 397 g/mol. The molecule has 6 nitrogen and oxygen atoms in total. The Kier molecular flexibility index (Phi) is 6.33. The highest BCUT2D eigenvalue weighted by Gasteiger charge is 2.25. The van der Waals surface area contributed by atoms with Gasteiger partial charge in [-0.3, -0.25) is 4.90 Å². The summed E-state index contributed by atoms with van der Waals surface area (Å²) in [4.78, 5) is 9.57. The number of ether oxygens (including phenoxy) is 2. The van der Waals surface area contributed by atoms with Crippen LogP contribution in [0.2, 0.25) is 0 Å². The van der Waals surface area contributed by atoms with Crippen LogP contribution in [0.15, 0.2) is 36.5 Å². The van der Waals surface area contributed by atoms with E-state index in [2.05, 4.69) is 59.3 Å². The lowest BCUT2D eigenvalue weighted by Gasteiger charge is -2.36. The first-order valence-electron chi connectivity index (χ1n) is 10.5. The summed E-state index contributed by atoms with van der Waals surface area (Å²) in [6, 6.07) is 11.5. The Morgan fingerprint density at radius 3 is 2.93 bits per heavy atom. The van der Waals surface area contributed by atoms with Crippen molar-refractivity contribution < 1.29 is 9.47 Å². The van der Waals surface area contributed by atoms with E-state index in [1.54, 1.807) is 7.11 Å². The molecule has 1 N–H and O–H groups in total. The number of pyridine rings is 1. The van der Waals surface area contributed by atoms with Gasteiger partial charge in [-0.15, -0.1) is 0 Å². The Hall–Kier alpha value is -2.15. The van der Waals surface area contributed by atoms with Gasteiger partial charge in [0.1, 0.15) is 0 Å². The maximum Gasteiger partial charge on any atom is 0.171 e. The minimum Gasteiger partial charge on any atom is -0.493 e. The molecule has 0 aliphatic carbocycles. The van der Waals surface area contributed by atoms with Gasteiger partial charge in [0.25, 0.3) is 0 Å². The number of nitrogens with one attached hydrogen (secondary N) is 1. The number of aryl methyl sites for hydroxylation is 1. The molecule has 4 rings (SSSR count). The van der Waals surface area contributed by atoms with Crippen LogP contribution in [0.25, 0.3) is 0 Å². The van der Waals surface area contributed by atoms with Crippen molar-refractivity contribution in [1.82, 2.24) is 15.2 Å². The summed E-state index contributed by atoms with van der Waals surface area (Å²) in [5, 5.41) is 3.67. The summed E-state index contributed by atoms with van der Waals surface area (Å²) in [5.74, 6) is 1.77. The first kappa shape index (κ1) is 20.1. The number of aromatic nitrogens is 1. The van der Waals surface area contributed by atoms with E-state index < -0.39 is 0 Å². The molecule has 156 valence electrons. The summed E-state index contributed by atoms with van der Waals surface area (Å²) >= 11 is 0. The van der Waals surface area contributed by atoms with Crippen molar-refractivity contribution in [3.05, 3.63) is 53.2 Å².